The van der Waals surface area contributed by atoms with Crippen molar-refractivity contribution in [3.63, 3.8) is 0 Å². The molecule has 1 heterocycles. The third-order valence-corrected chi connectivity index (χ3v) is 5.07. The number of phenolic OH excluding ortho intramolecular Hbond substituents is 1. The molecule has 1 aliphatic heterocycles. The molecule has 0 bridgehead atoms. The van der Waals surface area contributed by atoms with Crippen molar-refractivity contribution in [2.45, 2.75) is 32.7 Å². The molecule has 0 amide bonds. The number of nitrogens with one attached hydrogen (secondary N) is 1. The number of hydrogen-bond acceptors (Lipinski definition) is 4. The van der Waals surface area contributed by atoms with Crippen LogP contribution in [0.3, 0.4) is 0 Å². The van der Waals surface area contributed by atoms with E-state index in [1.54, 1.807) is 0 Å². The van der Waals surface area contributed by atoms with E-state index < -0.39 is 0 Å². The number of phenols is 1. The number of anilines is 1. The first-order valence-electron chi connectivity index (χ1n) is 8.77. The van der Waals surface area contributed by atoms with Gasteiger partial charge in [-0.15, -0.1) is 24.8 Å². The van der Waals surface area contributed by atoms with Gasteiger partial charge in [0.1, 0.15) is 5.75 Å². The molecule has 1 atom stereocenters. The molecule has 1 saturated heterocycles. The molecule has 4 nitrogen and oxygen atoms in total. The minimum atomic E-state index is 0. The van der Waals surface area contributed by atoms with E-state index in [0.717, 1.165) is 56.4 Å². The van der Waals surface area contributed by atoms with E-state index in [4.69, 9.17) is 0 Å². The molecule has 2 fully saturated rings. The van der Waals surface area contributed by atoms with Gasteiger partial charge in [0.2, 0.25) is 0 Å². The first-order valence-corrected chi connectivity index (χ1v) is 8.77. The van der Waals surface area contributed by atoms with Gasteiger partial charge in [-0.1, -0.05) is 6.07 Å². The maximum atomic E-state index is 10.6. The lowest BCUT2D eigenvalue weighted by molar-refractivity contribution is 0.153. The lowest BCUT2D eigenvalue weighted by Gasteiger charge is -2.36. The summed E-state index contributed by atoms with van der Waals surface area (Å²) in [6.07, 6.45) is 2.59. The van der Waals surface area contributed by atoms with Gasteiger partial charge in [-0.2, -0.15) is 0 Å². The molecule has 24 heavy (non-hydrogen) atoms. The van der Waals surface area contributed by atoms with Crippen molar-refractivity contribution in [1.82, 2.24) is 10.2 Å². The first-order chi connectivity index (χ1) is 10.7. The van der Waals surface area contributed by atoms with Crippen LogP contribution in [0.25, 0.3) is 0 Å². The van der Waals surface area contributed by atoms with E-state index in [1.165, 1.54) is 12.8 Å². The Balaban J connectivity index is 0.00000144. The summed E-state index contributed by atoms with van der Waals surface area (Å²) >= 11 is 0. The number of benzene rings is 1. The van der Waals surface area contributed by atoms with E-state index in [2.05, 4.69) is 41.1 Å². The van der Waals surface area contributed by atoms with Crippen molar-refractivity contribution >= 4 is 30.5 Å². The molecule has 6 heteroatoms. The number of piperazine rings is 1. The molecule has 3 rings (SSSR count). The van der Waals surface area contributed by atoms with E-state index in [0.29, 0.717) is 11.8 Å². The Morgan fingerprint density at radius 1 is 1.17 bits per heavy atom. The third-order valence-electron chi connectivity index (χ3n) is 5.07. The van der Waals surface area contributed by atoms with Crippen molar-refractivity contribution in [1.29, 1.82) is 0 Å². The van der Waals surface area contributed by atoms with E-state index in [-0.39, 0.29) is 24.8 Å². The quantitative estimate of drug-likeness (QED) is 0.798. The summed E-state index contributed by atoms with van der Waals surface area (Å²) in [5.41, 5.74) is 2.25. The van der Waals surface area contributed by atoms with Crippen LogP contribution in [-0.4, -0.2) is 49.3 Å². The fourth-order valence-electron chi connectivity index (χ4n) is 3.69. The fraction of sp³-hybridized carbons (Fsp3) is 0.667. The van der Waals surface area contributed by atoms with Crippen LogP contribution in [0.4, 0.5) is 5.69 Å². The van der Waals surface area contributed by atoms with E-state index in [9.17, 15) is 5.11 Å². The Bertz CT molecular complexity index is 501. The lowest BCUT2D eigenvalue weighted by Crippen LogP contribution is -2.45. The number of aromatic hydroxyl groups is 1. The zero-order chi connectivity index (χ0) is 15.5. The van der Waals surface area contributed by atoms with Crippen molar-refractivity contribution in [2.75, 3.05) is 44.2 Å². The molecule has 138 valence electrons. The molecule has 0 radical (unpaired) electrons. The van der Waals surface area contributed by atoms with Gasteiger partial charge in [-0.05, 0) is 38.7 Å². The van der Waals surface area contributed by atoms with Crippen LogP contribution >= 0.6 is 24.8 Å². The van der Waals surface area contributed by atoms with Gasteiger partial charge in [0.05, 0.1) is 0 Å². The van der Waals surface area contributed by atoms with Crippen LogP contribution in [-0.2, 0) is 0 Å². The minimum absolute atomic E-state index is 0. The van der Waals surface area contributed by atoms with Crippen LogP contribution in [0.2, 0.25) is 0 Å². The average molecular weight is 376 g/mol. The summed E-state index contributed by atoms with van der Waals surface area (Å²) in [5.74, 6) is 1.20. The SMILES string of the molecule is CCN(CC)c1ccc([C@H](C2CC2)N2CCNCC2)c(O)c1.Cl.Cl. The van der Waals surface area contributed by atoms with Gasteiger partial charge >= 0.3 is 0 Å². The second kappa shape index (κ2) is 9.71. The summed E-state index contributed by atoms with van der Waals surface area (Å²) in [6, 6.07) is 6.70. The smallest absolute Gasteiger partial charge is 0.122 e. The Labute approximate surface area is 158 Å². The summed E-state index contributed by atoms with van der Waals surface area (Å²) in [7, 11) is 0. The highest BCUT2D eigenvalue weighted by atomic mass is 35.5. The van der Waals surface area contributed by atoms with Gasteiger partial charge in [-0.3, -0.25) is 4.90 Å². The molecule has 2 aliphatic rings. The van der Waals surface area contributed by atoms with Gasteiger partial charge in [0.15, 0.2) is 0 Å². The van der Waals surface area contributed by atoms with Crippen molar-refractivity contribution < 1.29 is 5.11 Å². The van der Waals surface area contributed by atoms with Gasteiger partial charge in [0.25, 0.3) is 0 Å². The molecule has 1 aromatic rings. The molecule has 2 N–H and O–H groups in total. The number of halogens is 2. The zero-order valence-electron chi connectivity index (χ0n) is 14.7. The Hall–Kier alpha value is -0.680. The number of rotatable bonds is 6. The lowest BCUT2D eigenvalue weighted by atomic mass is 9.98. The summed E-state index contributed by atoms with van der Waals surface area (Å²) in [6.45, 7) is 10.5. The van der Waals surface area contributed by atoms with Crippen LogP contribution in [0, 0.1) is 5.92 Å². The highest BCUT2D eigenvalue weighted by molar-refractivity contribution is 5.85. The van der Waals surface area contributed by atoms with E-state index in [1.807, 2.05) is 6.07 Å². The second-order valence-corrected chi connectivity index (χ2v) is 6.48. The van der Waals surface area contributed by atoms with Crippen molar-refractivity contribution in [2.24, 2.45) is 5.92 Å². The van der Waals surface area contributed by atoms with Gasteiger partial charge in [0, 0.05) is 62.6 Å². The minimum Gasteiger partial charge on any atom is -0.508 e. The predicted octanol–water partition coefficient (Wildman–Crippen LogP) is 3.44. The maximum Gasteiger partial charge on any atom is 0.122 e. The maximum absolute atomic E-state index is 10.6. The van der Waals surface area contributed by atoms with Crippen LogP contribution in [0.15, 0.2) is 18.2 Å². The predicted molar refractivity (Wildman–Crippen MR) is 106 cm³/mol. The Morgan fingerprint density at radius 2 is 1.79 bits per heavy atom. The Morgan fingerprint density at radius 3 is 2.29 bits per heavy atom. The average Bonchev–Trinajstić information content (AvgIpc) is 3.37. The molecule has 1 saturated carbocycles. The highest BCUT2D eigenvalue weighted by Gasteiger charge is 2.38. The largest absolute Gasteiger partial charge is 0.508 e. The first kappa shape index (κ1) is 21.4. The second-order valence-electron chi connectivity index (χ2n) is 6.48. The highest BCUT2D eigenvalue weighted by Crippen LogP contribution is 2.47. The van der Waals surface area contributed by atoms with Crippen LogP contribution in [0.1, 0.15) is 38.3 Å². The third kappa shape index (κ3) is 4.69. The molecular formula is C18H31Cl2N3O. The summed E-state index contributed by atoms with van der Waals surface area (Å²) < 4.78 is 0. The Kier molecular flexibility index (Phi) is 8.65. The van der Waals surface area contributed by atoms with Crippen LogP contribution < -0.4 is 10.2 Å². The molecule has 0 unspecified atom stereocenters. The molecular weight excluding hydrogens is 345 g/mol. The summed E-state index contributed by atoms with van der Waals surface area (Å²) in [4.78, 5) is 4.83. The number of hydrogen-bond donors (Lipinski definition) is 2. The van der Waals surface area contributed by atoms with E-state index >= 15 is 0 Å². The fourth-order valence-corrected chi connectivity index (χ4v) is 3.69. The number of nitrogens with zero attached hydrogens (tertiary/aromatic N) is 2. The van der Waals surface area contributed by atoms with Crippen molar-refractivity contribution in [3.8, 4) is 5.75 Å². The summed E-state index contributed by atoms with van der Waals surface area (Å²) in [5, 5.41) is 14.1. The van der Waals surface area contributed by atoms with Crippen LogP contribution in [0.5, 0.6) is 5.75 Å². The normalized spacial score (nSPS) is 19.1. The topological polar surface area (TPSA) is 38.7 Å². The molecule has 1 aromatic carbocycles. The molecule has 0 aromatic heterocycles. The van der Waals surface area contributed by atoms with Gasteiger partial charge < -0.3 is 15.3 Å². The molecule has 0 spiro atoms. The molecule has 1 aliphatic carbocycles. The van der Waals surface area contributed by atoms with Crippen molar-refractivity contribution in [3.05, 3.63) is 23.8 Å². The zero-order valence-corrected chi connectivity index (χ0v) is 16.3. The monoisotopic (exact) mass is 375 g/mol. The standard InChI is InChI=1S/C18H29N3O.2ClH/c1-3-20(4-2)15-7-8-16(17(22)13-15)18(14-5-6-14)21-11-9-19-10-12-21;;/h7-8,13-14,18-19,22H,3-6,9-12H2,1-2H3;2*1H/t18-;;/m0../s1. The van der Waals surface area contributed by atoms with Gasteiger partial charge in [-0.25, -0.2) is 0 Å².